The van der Waals surface area contributed by atoms with E-state index in [9.17, 15) is 4.39 Å². The smallest absolute Gasteiger partial charge is 0.123 e. The van der Waals surface area contributed by atoms with E-state index >= 15 is 0 Å². The minimum Gasteiger partial charge on any atom is -0.323 e. The Morgan fingerprint density at radius 2 is 1.52 bits per heavy atom. The Labute approximate surface area is 150 Å². The lowest BCUT2D eigenvalue weighted by atomic mass is 10.1. The van der Waals surface area contributed by atoms with Crippen molar-refractivity contribution in [3.63, 3.8) is 0 Å². The average Bonchev–Trinajstić information content (AvgIpc) is 2.96. The minimum atomic E-state index is -0.222. The second-order valence-corrected chi connectivity index (χ2v) is 6.47. The molecular formula is C21H16ClFN2. The third-order valence-corrected chi connectivity index (χ3v) is 4.52. The van der Waals surface area contributed by atoms with E-state index in [4.69, 9.17) is 16.6 Å². The monoisotopic (exact) mass is 350 g/mol. The number of aromatic nitrogens is 2. The molecule has 1 heterocycles. The van der Waals surface area contributed by atoms with Crippen LogP contribution in [0.3, 0.4) is 0 Å². The Balaban J connectivity index is 1.74. The van der Waals surface area contributed by atoms with Gasteiger partial charge in [-0.05, 0) is 47.5 Å². The number of nitrogens with zero attached hydrogens (tertiary/aromatic N) is 2. The molecule has 25 heavy (non-hydrogen) atoms. The maximum atomic E-state index is 13.2. The molecule has 4 rings (SSSR count). The van der Waals surface area contributed by atoms with Gasteiger partial charge in [-0.2, -0.15) is 0 Å². The fourth-order valence-electron chi connectivity index (χ4n) is 2.99. The van der Waals surface area contributed by atoms with Crippen molar-refractivity contribution in [1.29, 1.82) is 0 Å². The van der Waals surface area contributed by atoms with Crippen LogP contribution in [0.5, 0.6) is 0 Å². The van der Waals surface area contributed by atoms with E-state index in [1.54, 1.807) is 0 Å². The zero-order valence-electron chi connectivity index (χ0n) is 13.5. The van der Waals surface area contributed by atoms with Gasteiger partial charge in [0.15, 0.2) is 0 Å². The molecule has 0 bridgehead atoms. The summed E-state index contributed by atoms with van der Waals surface area (Å²) in [7, 11) is 0. The Morgan fingerprint density at radius 3 is 2.28 bits per heavy atom. The highest BCUT2D eigenvalue weighted by molar-refractivity contribution is 6.30. The molecule has 0 amide bonds. The molecule has 0 aliphatic carbocycles. The van der Waals surface area contributed by atoms with E-state index in [0.29, 0.717) is 13.0 Å². The topological polar surface area (TPSA) is 17.8 Å². The molecule has 124 valence electrons. The highest BCUT2D eigenvalue weighted by Gasteiger charge is 2.11. The van der Waals surface area contributed by atoms with Crippen molar-refractivity contribution in [2.75, 3.05) is 0 Å². The van der Waals surface area contributed by atoms with Crippen molar-refractivity contribution >= 4 is 22.6 Å². The van der Waals surface area contributed by atoms with Crippen molar-refractivity contribution in [2.45, 2.75) is 13.0 Å². The van der Waals surface area contributed by atoms with Crippen molar-refractivity contribution < 1.29 is 4.39 Å². The van der Waals surface area contributed by atoms with Crippen LogP contribution >= 0.6 is 11.6 Å². The summed E-state index contributed by atoms with van der Waals surface area (Å²) in [5, 5.41) is 0.726. The molecule has 1 aromatic heterocycles. The summed E-state index contributed by atoms with van der Waals surface area (Å²) in [6, 6.07) is 22.5. The standard InChI is InChI=1S/C21H16ClFN2/c22-17-9-5-15(6-10-17)13-21-24-19-3-1-2-4-20(19)25(21)14-16-7-11-18(23)12-8-16/h1-12H,13-14H2. The summed E-state index contributed by atoms with van der Waals surface area (Å²) >= 11 is 5.98. The first-order valence-corrected chi connectivity index (χ1v) is 8.50. The molecule has 0 fully saturated rings. The molecule has 0 aliphatic rings. The predicted octanol–water partition coefficient (Wildman–Crippen LogP) is 5.47. The van der Waals surface area contributed by atoms with E-state index in [1.165, 1.54) is 12.1 Å². The second-order valence-electron chi connectivity index (χ2n) is 6.03. The van der Waals surface area contributed by atoms with Crippen LogP contribution in [0.25, 0.3) is 11.0 Å². The lowest BCUT2D eigenvalue weighted by molar-refractivity contribution is 0.626. The van der Waals surface area contributed by atoms with Crippen LogP contribution in [-0.2, 0) is 13.0 Å². The number of fused-ring (bicyclic) bond motifs is 1. The van der Waals surface area contributed by atoms with Gasteiger partial charge in [-0.25, -0.2) is 9.37 Å². The summed E-state index contributed by atoms with van der Waals surface area (Å²) in [5.74, 6) is 0.758. The number of halogens is 2. The molecule has 0 spiro atoms. The quantitative estimate of drug-likeness (QED) is 0.477. The van der Waals surface area contributed by atoms with Gasteiger partial charge in [0.2, 0.25) is 0 Å². The summed E-state index contributed by atoms with van der Waals surface area (Å²) in [4.78, 5) is 4.80. The van der Waals surface area contributed by atoms with Crippen molar-refractivity contribution in [1.82, 2.24) is 9.55 Å². The number of hydrogen-bond acceptors (Lipinski definition) is 1. The van der Waals surface area contributed by atoms with Crippen LogP contribution in [0.1, 0.15) is 17.0 Å². The fraction of sp³-hybridized carbons (Fsp3) is 0.0952. The second kappa shape index (κ2) is 6.69. The SMILES string of the molecule is Fc1ccc(Cn2c(Cc3ccc(Cl)cc3)nc3ccccc32)cc1. The van der Waals surface area contributed by atoms with Crippen LogP contribution < -0.4 is 0 Å². The molecular weight excluding hydrogens is 335 g/mol. The molecule has 4 heteroatoms. The zero-order chi connectivity index (χ0) is 17.2. The average molecular weight is 351 g/mol. The van der Waals surface area contributed by atoms with Gasteiger partial charge in [-0.1, -0.05) is 48.0 Å². The summed E-state index contributed by atoms with van der Waals surface area (Å²) in [6.07, 6.45) is 0.715. The number of rotatable bonds is 4. The summed E-state index contributed by atoms with van der Waals surface area (Å²) < 4.78 is 15.4. The largest absolute Gasteiger partial charge is 0.323 e. The van der Waals surface area contributed by atoms with Crippen LogP contribution in [-0.4, -0.2) is 9.55 Å². The Bertz CT molecular complexity index is 1000. The molecule has 0 radical (unpaired) electrons. The maximum Gasteiger partial charge on any atom is 0.123 e. The Hall–Kier alpha value is -2.65. The van der Waals surface area contributed by atoms with Gasteiger partial charge in [-0.15, -0.1) is 0 Å². The lowest BCUT2D eigenvalue weighted by Crippen LogP contribution is -2.06. The van der Waals surface area contributed by atoms with Crippen LogP contribution in [0.2, 0.25) is 5.02 Å². The van der Waals surface area contributed by atoms with Gasteiger partial charge in [-0.3, -0.25) is 0 Å². The van der Waals surface area contributed by atoms with Gasteiger partial charge in [0.25, 0.3) is 0 Å². The van der Waals surface area contributed by atoms with Crippen LogP contribution in [0.15, 0.2) is 72.8 Å². The maximum absolute atomic E-state index is 13.2. The summed E-state index contributed by atoms with van der Waals surface area (Å²) in [6.45, 7) is 0.656. The van der Waals surface area contributed by atoms with Crippen LogP contribution in [0.4, 0.5) is 4.39 Å². The molecule has 0 saturated heterocycles. The number of imidazole rings is 1. The van der Waals surface area contributed by atoms with Gasteiger partial charge >= 0.3 is 0 Å². The number of para-hydroxylation sites is 2. The van der Waals surface area contributed by atoms with Gasteiger partial charge in [0.1, 0.15) is 11.6 Å². The van der Waals surface area contributed by atoms with Crippen molar-refractivity contribution in [3.05, 3.63) is 101 Å². The third-order valence-electron chi connectivity index (χ3n) is 4.26. The van der Waals surface area contributed by atoms with E-state index < -0.39 is 0 Å². The molecule has 0 N–H and O–H groups in total. The third kappa shape index (κ3) is 3.42. The van der Waals surface area contributed by atoms with Crippen LogP contribution in [0, 0.1) is 5.82 Å². The number of hydrogen-bond donors (Lipinski definition) is 0. The molecule has 0 saturated carbocycles. The molecule has 0 unspecified atom stereocenters. The first-order chi connectivity index (χ1) is 12.2. The van der Waals surface area contributed by atoms with Gasteiger partial charge in [0, 0.05) is 18.0 Å². The first kappa shape index (κ1) is 15.9. The van der Waals surface area contributed by atoms with Crippen molar-refractivity contribution in [3.8, 4) is 0 Å². The minimum absolute atomic E-state index is 0.222. The predicted molar refractivity (Wildman–Crippen MR) is 99.5 cm³/mol. The highest BCUT2D eigenvalue weighted by Crippen LogP contribution is 2.21. The van der Waals surface area contributed by atoms with Gasteiger partial charge in [0.05, 0.1) is 11.0 Å². The molecule has 2 nitrogen and oxygen atoms in total. The molecule has 0 aliphatic heterocycles. The molecule has 3 aromatic carbocycles. The first-order valence-electron chi connectivity index (χ1n) is 8.12. The van der Waals surface area contributed by atoms with E-state index in [0.717, 1.165) is 33.0 Å². The highest BCUT2D eigenvalue weighted by atomic mass is 35.5. The zero-order valence-corrected chi connectivity index (χ0v) is 14.2. The van der Waals surface area contributed by atoms with Gasteiger partial charge < -0.3 is 4.57 Å². The Kier molecular flexibility index (Phi) is 4.24. The van der Waals surface area contributed by atoms with Crippen molar-refractivity contribution in [2.24, 2.45) is 0 Å². The fourth-order valence-corrected chi connectivity index (χ4v) is 3.12. The van der Waals surface area contributed by atoms with E-state index in [1.807, 2.05) is 54.6 Å². The van der Waals surface area contributed by atoms with E-state index in [-0.39, 0.29) is 5.82 Å². The van der Waals surface area contributed by atoms with E-state index in [2.05, 4.69) is 10.6 Å². The molecule has 4 aromatic rings. The number of benzene rings is 3. The molecule has 0 atom stereocenters. The Morgan fingerprint density at radius 1 is 0.840 bits per heavy atom. The normalized spacial score (nSPS) is 11.1. The lowest BCUT2D eigenvalue weighted by Gasteiger charge is -2.10. The summed E-state index contributed by atoms with van der Waals surface area (Å²) in [5.41, 5.74) is 4.24.